The Morgan fingerprint density at radius 3 is 2.61 bits per heavy atom. The first-order valence-electron chi connectivity index (χ1n) is 8.43. The van der Waals surface area contributed by atoms with E-state index >= 15 is 0 Å². The molecule has 0 saturated carbocycles. The topological polar surface area (TPSA) is 12.0 Å². The predicted molar refractivity (Wildman–Crippen MR) is 101 cm³/mol. The van der Waals surface area contributed by atoms with Crippen molar-refractivity contribution in [1.29, 1.82) is 0 Å². The van der Waals surface area contributed by atoms with E-state index in [2.05, 4.69) is 85.9 Å². The Bertz CT molecular complexity index is 665. The SMILES string of the molecule is CC=CC[C@]1(CC)CSc2ccccc2[C@H](c2ccccc2)N1. The highest BCUT2D eigenvalue weighted by Gasteiger charge is 2.34. The zero-order valence-corrected chi connectivity index (χ0v) is 14.8. The molecule has 0 aliphatic carbocycles. The van der Waals surface area contributed by atoms with Gasteiger partial charge in [-0.2, -0.15) is 0 Å². The Hall–Kier alpha value is -1.51. The minimum absolute atomic E-state index is 0.136. The standard InChI is InChI=1S/C21H25NS/c1-3-5-15-21(4-2)16-23-19-14-10-9-13-18(19)20(22-21)17-11-7-6-8-12-17/h3,5-14,20,22H,4,15-16H2,1-2H3/t20-,21+/m0/s1. The van der Waals surface area contributed by atoms with Gasteiger partial charge in [-0.3, -0.25) is 5.32 Å². The molecule has 0 amide bonds. The molecule has 1 heterocycles. The first-order valence-corrected chi connectivity index (χ1v) is 9.42. The van der Waals surface area contributed by atoms with Crippen molar-refractivity contribution in [2.75, 3.05) is 5.75 Å². The van der Waals surface area contributed by atoms with E-state index in [9.17, 15) is 0 Å². The van der Waals surface area contributed by atoms with Crippen molar-refractivity contribution in [3.05, 3.63) is 77.9 Å². The van der Waals surface area contributed by atoms with Crippen LogP contribution in [0, 0.1) is 0 Å². The fraction of sp³-hybridized carbons (Fsp3) is 0.333. The van der Waals surface area contributed by atoms with Gasteiger partial charge in [-0.05, 0) is 37.0 Å². The third kappa shape index (κ3) is 3.54. The number of hydrogen-bond acceptors (Lipinski definition) is 2. The summed E-state index contributed by atoms with van der Waals surface area (Å²) in [6.07, 6.45) is 6.67. The fourth-order valence-corrected chi connectivity index (χ4v) is 4.57. The van der Waals surface area contributed by atoms with Crippen molar-refractivity contribution in [3.63, 3.8) is 0 Å². The lowest BCUT2D eigenvalue weighted by Crippen LogP contribution is -2.47. The Balaban J connectivity index is 2.04. The molecule has 3 rings (SSSR count). The first kappa shape index (κ1) is 16.4. The van der Waals surface area contributed by atoms with Gasteiger partial charge in [-0.25, -0.2) is 0 Å². The molecule has 120 valence electrons. The first-order chi connectivity index (χ1) is 11.3. The summed E-state index contributed by atoms with van der Waals surface area (Å²) in [7, 11) is 0. The van der Waals surface area contributed by atoms with Gasteiger partial charge in [0.05, 0.1) is 6.04 Å². The lowest BCUT2D eigenvalue weighted by Gasteiger charge is -2.35. The largest absolute Gasteiger partial charge is 0.299 e. The Morgan fingerprint density at radius 1 is 1.13 bits per heavy atom. The van der Waals surface area contributed by atoms with E-state index in [-0.39, 0.29) is 11.6 Å². The van der Waals surface area contributed by atoms with Gasteiger partial charge >= 0.3 is 0 Å². The number of allylic oxidation sites excluding steroid dienone is 1. The lowest BCUT2D eigenvalue weighted by molar-refractivity contribution is 0.329. The second-order valence-electron chi connectivity index (χ2n) is 6.22. The van der Waals surface area contributed by atoms with Gasteiger partial charge in [0, 0.05) is 16.2 Å². The Kier molecular flexibility index (Phi) is 5.24. The molecule has 0 fully saturated rings. The number of thioether (sulfide) groups is 1. The van der Waals surface area contributed by atoms with Crippen LogP contribution in [0.4, 0.5) is 0 Å². The van der Waals surface area contributed by atoms with E-state index < -0.39 is 0 Å². The highest BCUT2D eigenvalue weighted by atomic mass is 32.2. The summed E-state index contributed by atoms with van der Waals surface area (Å²) in [6.45, 7) is 4.41. The van der Waals surface area contributed by atoms with Gasteiger partial charge in [-0.1, -0.05) is 67.6 Å². The summed E-state index contributed by atoms with van der Waals surface area (Å²) in [5.41, 5.74) is 2.89. The average molecular weight is 324 g/mol. The molecule has 1 nitrogen and oxygen atoms in total. The molecule has 0 unspecified atom stereocenters. The normalized spacial score (nSPS) is 24.3. The van der Waals surface area contributed by atoms with Crippen molar-refractivity contribution < 1.29 is 0 Å². The molecule has 2 atom stereocenters. The maximum Gasteiger partial charge on any atom is 0.0592 e. The number of hydrogen-bond donors (Lipinski definition) is 1. The second-order valence-corrected chi connectivity index (χ2v) is 7.24. The van der Waals surface area contributed by atoms with Crippen molar-refractivity contribution in [2.24, 2.45) is 0 Å². The maximum absolute atomic E-state index is 4.01. The number of benzene rings is 2. The van der Waals surface area contributed by atoms with Gasteiger partial charge < -0.3 is 0 Å². The van der Waals surface area contributed by atoms with Crippen molar-refractivity contribution in [2.45, 2.75) is 43.2 Å². The molecule has 0 saturated heterocycles. The number of fused-ring (bicyclic) bond motifs is 1. The predicted octanol–water partition coefficient (Wildman–Crippen LogP) is 5.59. The molecule has 2 heteroatoms. The van der Waals surface area contributed by atoms with E-state index in [0.717, 1.165) is 18.6 Å². The average Bonchev–Trinajstić information content (AvgIpc) is 2.79. The molecule has 2 aromatic carbocycles. The minimum Gasteiger partial charge on any atom is -0.299 e. The lowest BCUT2D eigenvalue weighted by atomic mass is 9.89. The summed E-state index contributed by atoms with van der Waals surface area (Å²) < 4.78 is 0. The Morgan fingerprint density at radius 2 is 1.87 bits per heavy atom. The molecule has 0 bridgehead atoms. The van der Waals surface area contributed by atoms with E-state index in [1.165, 1.54) is 16.0 Å². The summed E-state index contributed by atoms with van der Waals surface area (Å²) in [5.74, 6) is 1.11. The van der Waals surface area contributed by atoms with Crippen LogP contribution in [0.5, 0.6) is 0 Å². The van der Waals surface area contributed by atoms with Crippen molar-refractivity contribution in [3.8, 4) is 0 Å². The molecule has 1 aliphatic rings. The quantitative estimate of drug-likeness (QED) is 0.736. The highest BCUT2D eigenvalue weighted by molar-refractivity contribution is 7.99. The molecule has 1 N–H and O–H groups in total. The minimum atomic E-state index is 0.136. The van der Waals surface area contributed by atoms with Crippen LogP contribution in [0.25, 0.3) is 0 Å². The molecular formula is C21H25NS. The van der Waals surface area contributed by atoms with Crippen LogP contribution >= 0.6 is 11.8 Å². The van der Waals surface area contributed by atoms with Crippen LogP contribution < -0.4 is 5.32 Å². The van der Waals surface area contributed by atoms with Crippen LogP contribution in [0.15, 0.2) is 71.6 Å². The van der Waals surface area contributed by atoms with E-state index in [4.69, 9.17) is 0 Å². The second kappa shape index (κ2) is 7.37. The van der Waals surface area contributed by atoms with Crippen molar-refractivity contribution >= 4 is 11.8 Å². The molecule has 0 spiro atoms. The summed E-state index contributed by atoms with van der Waals surface area (Å²) in [5, 5.41) is 4.01. The van der Waals surface area contributed by atoms with Gasteiger partial charge in [-0.15, -0.1) is 11.8 Å². The van der Waals surface area contributed by atoms with Gasteiger partial charge in [0.2, 0.25) is 0 Å². The molecular weight excluding hydrogens is 298 g/mol. The molecule has 2 aromatic rings. The van der Waals surface area contributed by atoms with Gasteiger partial charge in [0.15, 0.2) is 0 Å². The van der Waals surface area contributed by atoms with Crippen molar-refractivity contribution in [1.82, 2.24) is 5.32 Å². The number of nitrogens with one attached hydrogen (secondary N) is 1. The highest BCUT2D eigenvalue weighted by Crippen LogP contribution is 2.40. The number of rotatable bonds is 4. The van der Waals surface area contributed by atoms with E-state index in [1.54, 1.807) is 0 Å². The third-order valence-corrected chi connectivity index (χ3v) is 6.12. The molecule has 0 radical (unpaired) electrons. The fourth-order valence-electron chi connectivity index (χ4n) is 3.21. The third-order valence-electron chi connectivity index (χ3n) is 4.74. The maximum atomic E-state index is 4.01. The van der Waals surface area contributed by atoms with E-state index in [1.807, 2.05) is 11.8 Å². The molecule has 0 aromatic heterocycles. The van der Waals surface area contributed by atoms with Crippen LogP contribution in [0.1, 0.15) is 43.9 Å². The van der Waals surface area contributed by atoms with Crippen LogP contribution in [0.3, 0.4) is 0 Å². The zero-order chi connectivity index (χ0) is 16.1. The molecule has 1 aliphatic heterocycles. The van der Waals surface area contributed by atoms with Gasteiger partial charge in [0.25, 0.3) is 0 Å². The molecule has 23 heavy (non-hydrogen) atoms. The summed E-state index contributed by atoms with van der Waals surface area (Å²) in [6, 6.07) is 19.9. The van der Waals surface area contributed by atoms with Gasteiger partial charge in [0.1, 0.15) is 0 Å². The summed E-state index contributed by atoms with van der Waals surface area (Å²) in [4.78, 5) is 1.41. The Labute approximate surface area is 144 Å². The monoisotopic (exact) mass is 323 g/mol. The van der Waals surface area contributed by atoms with Crippen LogP contribution in [-0.4, -0.2) is 11.3 Å². The van der Waals surface area contributed by atoms with E-state index in [0.29, 0.717) is 0 Å². The smallest absolute Gasteiger partial charge is 0.0592 e. The summed E-state index contributed by atoms with van der Waals surface area (Å²) >= 11 is 1.99. The van der Waals surface area contributed by atoms with Crippen LogP contribution in [-0.2, 0) is 0 Å². The zero-order valence-electron chi connectivity index (χ0n) is 14.0. The van der Waals surface area contributed by atoms with Crippen LogP contribution in [0.2, 0.25) is 0 Å².